The molecule has 1 aromatic carbocycles. The van der Waals surface area contributed by atoms with Gasteiger partial charge in [-0.1, -0.05) is 18.2 Å². The summed E-state index contributed by atoms with van der Waals surface area (Å²) in [6.45, 7) is 4.55. The lowest BCUT2D eigenvalue weighted by Crippen LogP contribution is -2.62. The van der Waals surface area contributed by atoms with Gasteiger partial charge in [0.1, 0.15) is 17.3 Å². The Balaban J connectivity index is 1.85. The predicted octanol–water partition coefficient (Wildman–Crippen LogP) is 2.93. The van der Waals surface area contributed by atoms with Gasteiger partial charge in [0.05, 0.1) is 18.3 Å². The van der Waals surface area contributed by atoms with Crippen LogP contribution in [-0.2, 0) is 14.3 Å². The maximum Gasteiger partial charge on any atom is 0.333 e. The SMILES string of the molecule is CCOC(=O)C1=CC23C(=O)c4ccccc4O[C@@H]2CC1C[C@@H]3OCC. The van der Waals surface area contributed by atoms with Crippen LogP contribution in [0.4, 0.5) is 0 Å². The van der Waals surface area contributed by atoms with Crippen molar-refractivity contribution in [2.75, 3.05) is 13.2 Å². The Morgan fingerprint density at radius 3 is 2.80 bits per heavy atom. The molecule has 2 bridgehead atoms. The van der Waals surface area contributed by atoms with Crippen molar-refractivity contribution in [1.82, 2.24) is 0 Å². The molecule has 1 aliphatic heterocycles. The fourth-order valence-corrected chi connectivity index (χ4v) is 4.52. The van der Waals surface area contributed by atoms with Crippen LogP contribution in [0.25, 0.3) is 0 Å². The number of fused-ring (bicyclic) bond motifs is 2. The molecule has 4 atom stereocenters. The zero-order valence-electron chi connectivity index (χ0n) is 14.5. The third-order valence-corrected chi connectivity index (χ3v) is 5.57. The topological polar surface area (TPSA) is 61.8 Å². The summed E-state index contributed by atoms with van der Waals surface area (Å²) >= 11 is 0. The van der Waals surface area contributed by atoms with E-state index in [2.05, 4.69) is 0 Å². The minimum absolute atomic E-state index is 0.000497. The fourth-order valence-electron chi connectivity index (χ4n) is 4.52. The Morgan fingerprint density at radius 1 is 1.24 bits per heavy atom. The smallest absolute Gasteiger partial charge is 0.333 e. The van der Waals surface area contributed by atoms with Gasteiger partial charge in [-0.05, 0) is 44.7 Å². The minimum atomic E-state index is -0.943. The van der Waals surface area contributed by atoms with E-state index in [4.69, 9.17) is 14.2 Å². The zero-order chi connectivity index (χ0) is 17.6. The number of esters is 1. The molecular formula is C20H22O5. The molecule has 0 radical (unpaired) electrons. The highest BCUT2D eigenvalue weighted by molar-refractivity contribution is 6.07. The molecule has 1 heterocycles. The van der Waals surface area contributed by atoms with Crippen molar-refractivity contribution < 1.29 is 23.8 Å². The van der Waals surface area contributed by atoms with E-state index >= 15 is 0 Å². The third kappa shape index (κ3) is 2.25. The Bertz CT molecular complexity index is 752. The summed E-state index contributed by atoms with van der Waals surface area (Å²) in [5, 5.41) is 0. The summed E-state index contributed by atoms with van der Waals surface area (Å²) in [6.07, 6.45) is 2.50. The van der Waals surface area contributed by atoms with Gasteiger partial charge in [-0.3, -0.25) is 4.79 Å². The average Bonchev–Trinajstić information content (AvgIpc) is 2.62. The van der Waals surface area contributed by atoms with Gasteiger partial charge >= 0.3 is 5.97 Å². The first-order valence-electron chi connectivity index (χ1n) is 8.93. The summed E-state index contributed by atoms with van der Waals surface area (Å²) in [7, 11) is 0. The highest BCUT2D eigenvalue weighted by Crippen LogP contribution is 2.56. The number of rotatable bonds is 4. The average molecular weight is 342 g/mol. The van der Waals surface area contributed by atoms with Crippen molar-refractivity contribution in [1.29, 1.82) is 0 Å². The van der Waals surface area contributed by atoms with Crippen molar-refractivity contribution in [3.05, 3.63) is 41.5 Å². The van der Waals surface area contributed by atoms with Crippen LogP contribution < -0.4 is 4.74 Å². The predicted molar refractivity (Wildman–Crippen MR) is 90.5 cm³/mol. The van der Waals surface area contributed by atoms with Gasteiger partial charge in [0.15, 0.2) is 5.78 Å². The summed E-state index contributed by atoms with van der Waals surface area (Å²) in [5.41, 5.74) is 0.218. The maximum absolute atomic E-state index is 13.5. The number of hydrogen-bond acceptors (Lipinski definition) is 5. The second-order valence-electron chi connectivity index (χ2n) is 6.80. The number of carbonyl (C=O) groups is 2. The van der Waals surface area contributed by atoms with Crippen LogP contribution in [0.1, 0.15) is 37.0 Å². The zero-order valence-corrected chi connectivity index (χ0v) is 14.5. The molecule has 132 valence electrons. The minimum Gasteiger partial charge on any atom is -0.488 e. The van der Waals surface area contributed by atoms with E-state index in [-0.39, 0.29) is 29.9 Å². The van der Waals surface area contributed by atoms with Crippen LogP contribution in [-0.4, -0.2) is 37.2 Å². The molecule has 25 heavy (non-hydrogen) atoms. The number of hydrogen-bond donors (Lipinski definition) is 0. The van der Waals surface area contributed by atoms with E-state index < -0.39 is 5.41 Å². The van der Waals surface area contributed by atoms with Crippen LogP contribution in [0.3, 0.4) is 0 Å². The monoisotopic (exact) mass is 342 g/mol. The molecule has 5 rings (SSSR count). The molecular weight excluding hydrogens is 320 g/mol. The Kier molecular flexibility index (Phi) is 3.91. The lowest BCUT2D eigenvalue weighted by atomic mass is 9.55. The number of carbonyl (C=O) groups excluding carboxylic acids is 2. The molecule has 1 spiro atoms. The van der Waals surface area contributed by atoms with Gasteiger partial charge in [0, 0.05) is 12.2 Å². The van der Waals surface area contributed by atoms with Gasteiger partial charge in [0.25, 0.3) is 0 Å². The summed E-state index contributed by atoms with van der Waals surface area (Å²) in [4.78, 5) is 25.9. The van der Waals surface area contributed by atoms with Gasteiger partial charge in [-0.2, -0.15) is 0 Å². The van der Waals surface area contributed by atoms with E-state index in [9.17, 15) is 9.59 Å². The standard InChI is InChI=1S/C20H22O5/c1-3-23-16-9-12-10-17-20(16,11-14(12)19(22)24-4-2)18(21)13-7-5-6-8-15(13)25-17/h5-8,11-12,16-17H,3-4,9-10H2,1-2H3/t12?,16-,17+,20?/m0/s1. The van der Waals surface area contributed by atoms with Crippen molar-refractivity contribution in [2.24, 2.45) is 11.3 Å². The van der Waals surface area contributed by atoms with Gasteiger partial charge in [-0.15, -0.1) is 0 Å². The van der Waals surface area contributed by atoms with E-state index in [0.29, 0.717) is 42.9 Å². The van der Waals surface area contributed by atoms with E-state index in [0.717, 1.165) is 0 Å². The van der Waals surface area contributed by atoms with Crippen LogP contribution >= 0.6 is 0 Å². The molecule has 5 nitrogen and oxygen atoms in total. The largest absolute Gasteiger partial charge is 0.488 e. The summed E-state index contributed by atoms with van der Waals surface area (Å²) in [6, 6.07) is 7.31. The van der Waals surface area contributed by atoms with Gasteiger partial charge in [0.2, 0.25) is 0 Å². The second-order valence-corrected chi connectivity index (χ2v) is 6.80. The van der Waals surface area contributed by atoms with Gasteiger partial charge in [-0.25, -0.2) is 4.79 Å². The van der Waals surface area contributed by atoms with Crippen LogP contribution in [0.5, 0.6) is 5.75 Å². The quantitative estimate of drug-likeness (QED) is 0.787. The first-order valence-corrected chi connectivity index (χ1v) is 8.93. The van der Waals surface area contributed by atoms with Crippen molar-refractivity contribution in [3.63, 3.8) is 0 Å². The number of benzene rings is 1. The van der Waals surface area contributed by atoms with E-state index in [1.54, 1.807) is 19.1 Å². The maximum atomic E-state index is 13.5. The molecule has 2 unspecified atom stereocenters. The summed E-state index contributed by atoms with van der Waals surface area (Å²) < 4.78 is 17.4. The van der Waals surface area contributed by atoms with Crippen LogP contribution in [0.2, 0.25) is 0 Å². The highest BCUT2D eigenvalue weighted by Gasteiger charge is 2.63. The molecule has 0 aromatic heterocycles. The van der Waals surface area contributed by atoms with E-state index in [1.165, 1.54) is 0 Å². The lowest BCUT2D eigenvalue weighted by Gasteiger charge is -2.54. The van der Waals surface area contributed by atoms with Gasteiger partial charge < -0.3 is 14.2 Å². The number of para-hydroxylation sites is 1. The Morgan fingerprint density at radius 2 is 2.04 bits per heavy atom. The highest BCUT2D eigenvalue weighted by atomic mass is 16.5. The number of ketones is 1. The first-order chi connectivity index (χ1) is 12.1. The number of ether oxygens (including phenoxy) is 3. The lowest BCUT2D eigenvalue weighted by molar-refractivity contribution is -0.142. The molecule has 3 aliphatic carbocycles. The molecule has 1 fully saturated rings. The second kappa shape index (κ2) is 5.99. The molecule has 1 saturated carbocycles. The molecule has 1 aromatic rings. The Labute approximate surface area is 146 Å². The van der Waals surface area contributed by atoms with Crippen molar-refractivity contribution in [3.8, 4) is 5.75 Å². The molecule has 5 heteroatoms. The normalized spacial score (nSPS) is 32.3. The fraction of sp³-hybridized carbons (Fsp3) is 0.500. The molecule has 4 aliphatic rings. The van der Waals surface area contributed by atoms with Crippen LogP contribution in [0, 0.1) is 11.3 Å². The Hall–Kier alpha value is -2.14. The third-order valence-electron chi connectivity index (χ3n) is 5.57. The molecule has 0 amide bonds. The number of Topliss-reactive ketones (excluding diaryl/α,β-unsaturated/α-hetero) is 1. The molecule has 0 N–H and O–H groups in total. The van der Waals surface area contributed by atoms with Crippen molar-refractivity contribution >= 4 is 11.8 Å². The molecule has 0 saturated heterocycles. The first kappa shape index (κ1) is 16.3. The van der Waals surface area contributed by atoms with E-state index in [1.807, 2.05) is 25.1 Å². The van der Waals surface area contributed by atoms with Crippen LogP contribution in [0.15, 0.2) is 35.9 Å². The van der Waals surface area contributed by atoms with Crippen molar-refractivity contribution in [2.45, 2.75) is 38.9 Å². The summed E-state index contributed by atoms with van der Waals surface area (Å²) in [5.74, 6) is 0.280.